The Morgan fingerprint density at radius 3 is 2.92 bits per heavy atom. The van der Waals surface area contributed by atoms with Crippen LogP contribution in [-0.4, -0.2) is 24.4 Å². The summed E-state index contributed by atoms with van der Waals surface area (Å²) < 4.78 is 0. The van der Waals surface area contributed by atoms with Gasteiger partial charge in [0.25, 0.3) is 5.91 Å². The summed E-state index contributed by atoms with van der Waals surface area (Å²) in [5.74, 6) is -0.0837. The van der Waals surface area contributed by atoms with Crippen molar-refractivity contribution in [3.8, 4) is 6.07 Å². The van der Waals surface area contributed by atoms with Crippen molar-refractivity contribution in [3.63, 3.8) is 0 Å². The SMILES string of the molecule is Cc1csc(C(=O)N(C)CC#N)c1. The second-order valence-corrected chi connectivity index (χ2v) is 3.72. The molecular formula is C9H10N2OS. The minimum Gasteiger partial charge on any atom is -0.328 e. The lowest BCUT2D eigenvalue weighted by atomic mass is 10.3. The van der Waals surface area contributed by atoms with Crippen LogP contribution in [0.1, 0.15) is 15.2 Å². The number of aryl methyl sites for hydroxylation is 1. The van der Waals surface area contributed by atoms with Gasteiger partial charge in [0.05, 0.1) is 10.9 Å². The summed E-state index contributed by atoms with van der Waals surface area (Å²) in [7, 11) is 1.63. The number of nitriles is 1. The summed E-state index contributed by atoms with van der Waals surface area (Å²) in [5.41, 5.74) is 1.08. The summed E-state index contributed by atoms with van der Waals surface area (Å²) in [6.07, 6.45) is 0. The van der Waals surface area contributed by atoms with Gasteiger partial charge in [-0.1, -0.05) is 0 Å². The third-order valence-corrected chi connectivity index (χ3v) is 2.63. The minimum absolute atomic E-state index is 0.0837. The van der Waals surface area contributed by atoms with Crippen LogP contribution in [0.15, 0.2) is 11.4 Å². The molecule has 0 unspecified atom stereocenters. The molecule has 13 heavy (non-hydrogen) atoms. The molecule has 0 aliphatic rings. The van der Waals surface area contributed by atoms with Crippen molar-refractivity contribution in [2.45, 2.75) is 6.92 Å². The first kappa shape index (κ1) is 9.75. The van der Waals surface area contributed by atoms with Gasteiger partial charge in [0.2, 0.25) is 0 Å². The lowest BCUT2D eigenvalue weighted by Crippen LogP contribution is -2.26. The van der Waals surface area contributed by atoms with Gasteiger partial charge in [-0.3, -0.25) is 4.79 Å². The topological polar surface area (TPSA) is 44.1 Å². The van der Waals surface area contributed by atoms with Crippen molar-refractivity contribution in [1.29, 1.82) is 5.26 Å². The molecule has 0 N–H and O–H groups in total. The maximum Gasteiger partial charge on any atom is 0.264 e. The Hall–Kier alpha value is -1.34. The molecule has 1 rings (SSSR count). The second-order valence-electron chi connectivity index (χ2n) is 2.81. The predicted molar refractivity (Wildman–Crippen MR) is 51.6 cm³/mol. The number of hydrogen-bond acceptors (Lipinski definition) is 3. The highest BCUT2D eigenvalue weighted by Gasteiger charge is 2.12. The first-order valence-corrected chi connectivity index (χ1v) is 4.70. The lowest BCUT2D eigenvalue weighted by molar-refractivity contribution is 0.0816. The van der Waals surface area contributed by atoms with Crippen molar-refractivity contribution in [3.05, 3.63) is 21.9 Å². The van der Waals surface area contributed by atoms with Crippen molar-refractivity contribution in [1.82, 2.24) is 4.90 Å². The highest BCUT2D eigenvalue weighted by atomic mass is 32.1. The van der Waals surface area contributed by atoms with Gasteiger partial charge in [-0.25, -0.2) is 0 Å². The van der Waals surface area contributed by atoms with Crippen molar-refractivity contribution in [2.75, 3.05) is 13.6 Å². The molecule has 0 bridgehead atoms. The molecule has 68 valence electrons. The van der Waals surface area contributed by atoms with Crippen LogP contribution >= 0.6 is 11.3 Å². The molecule has 0 atom stereocenters. The molecule has 0 aliphatic heterocycles. The molecule has 0 spiro atoms. The summed E-state index contributed by atoms with van der Waals surface area (Å²) in [5, 5.41) is 10.3. The van der Waals surface area contributed by atoms with E-state index in [1.807, 2.05) is 24.4 Å². The van der Waals surface area contributed by atoms with E-state index in [1.165, 1.54) is 16.2 Å². The van der Waals surface area contributed by atoms with Crippen LogP contribution in [-0.2, 0) is 0 Å². The van der Waals surface area contributed by atoms with Gasteiger partial charge >= 0.3 is 0 Å². The third-order valence-electron chi connectivity index (χ3n) is 1.60. The fourth-order valence-corrected chi connectivity index (χ4v) is 1.80. The molecule has 1 heterocycles. The highest BCUT2D eigenvalue weighted by molar-refractivity contribution is 7.12. The zero-order valence-corrected chi connectivity index (χ0v) is 8.39. The van der Waals surface area contributed by atoms with Gasteiger partial charge in [0.1, 0.15) is 6.54 Å². The molecule has 1 amide bonds. The van der Waals surface area contributed by atoms with Crippen molar-refractivity contribution >= 4 is 17.2 Å². The van der Waals surface area contributed by atoms with E-state index < -0.39 is 0 Å². The molecule has 1 aromatic rings. The van der Waals surface area contributed by atoms with E-state index in [0.29, 0.717) is 4.88 Å². The average Bonchev–Trinajstić information content (AvgIpc) is 2.51. The first-order chi connectivity index (χ1) is 6.15. The largest absolute Gasteiger partial charge is 0.328 e. The van der Waals surface area contributed by atoms with Gasteiger partial charge in [-0.2, -0.15) is 5.26 Å². The normalized spacial score (nSPS) is 9.31. The van der Waals surface area contributed by atoms with E-state index in [4.69, 9.17) is 5.26 Å². The number of nitrogens with zero attached hydrogens (tertiary/aromatic N) is 2. The molecule has 3 nitrogen and oxygen atoms in total. The molecule has 0 aliphatic carbocycles. The van der Waals surface area contributed by atoms with Gasteiger partial charge in [0.15, 0.2) is 0 Å². The van der Waals surface area contributed by atoms with Crippen molar-refractivity contribution in [2.24, 2.45) is 0 Å². The standard InChI is InChI=1S/C9H10N2OS/c1-7-5-8(13-6-7)9(12)11(2)4-3-10/h5-6H,4H2,1-2H3. The van der Waals surface area contributed by atoms with Gasteiger partial charge in [-0.05, 0) is 23.9 Å². The summed E-state index contributed by atoms with van der Waals surface area (Å²) in [6.45, 7) is 2.08. The van der Waals surface area contributed by atoms with E-state index in [9.17, 15) is 4.79 Å². The Morgan fingerprint density at radius 1 is 1.77 bits per heavy atom. The molecular weight excluding hydrogens is 184 g/mol. The molecule has 0 radical (unpaired) electrons. The molecule has 1 aromatic heterocycles. The van der Waals surface area contributed by atoms with Crippen LogP contribution in [0.4, 0.5) is 0 Å². The molecule has 0 fully saturated rings. The molecule has 0 aromatic carbocycles. The Morgan fingerprint density at radius 2 is 2.46 bits per heavy atom. The zero-order valence-electron chi connectivity index (χ0n) is 7.57. The van der Waals surface area contributed by atoms with Crippen LogP contribution in [0.25, 0.3) is 0 Å². The van der Waals surface area contributed by atoms with E-state index in [0.717, 1.165) is 5.56 Å². The number of hydrogen-bond donors (Lipinski definition) is 0. The number of carbonyl (C=O) groups is 1. The van der Waals surface area contributed by atoms with E-state index in [1.54, 1.807) is 7.05 Å². The van der Waals surface area contributed by atoms with Gasteiger partial charge in [-0.15, -0.1) is 11.3 Å². The Balaban J connectivity index is 2.74. The van der Waals surface area contributed by atoms with Crippen LogP contribution < -0.4 is 0 Å². The third kappa shape index (κ3) is 2.30. The van der Waals surface area contributed by atoms with E-state index in [2.05, 4.69) is 0 Å². The molecule has 4 heteroatoms. The van der Waals surface area contributed by atoms with Crippen LogP contribution in [0.2, 0.25) is 0 Å². The van der Waals surface area contributed by atoms with E-state index >= 15 is 0 Å². The fraction of sp³-hybridized carbons (Fsp3) is 0.333. The van der Waals surface area contributed by atoms with Crippen LogP contribution in [0.5, 0.6) is 0 Å². The second kappa shape index (κ2) is 4.06. The predicted octanol–water partition coefficient (Wildman–Crippen LogP) is 1.65. The van der Waals surface area contributed by atoms with Crippen molar-refractivity contribution < 1.29 is 4.79 Å². The fourth-order valence-electron chi connectivity index (χ4n) is 0.909. The summed E-state index contributed by atoms with van der Waals surface area (Å²) >= 11 is 1.41. The van der Waals surface area contributed by atoms with Gasteiger partial charge in [0, 0.05) is 7.05 Å². The lowest BCUT2D eigenvalue weighted by Gasteiger charge is -2.10. The first-order valence-electron chi connectivity index (χ1n) is 3.82. The minimum atomic E-state index is -0.0837. The summed E-state index contributed by atoms with van der Waals surface area (Å²) in [6, 6.07) is 3.77. The van der Waals surface area contributed by atoms with Crippen LogP contribution in [0.3, 0.4) is 0 Å². The maximum absolute atomic E-state index is 11.5. The van der Waals surface area contributed by atoms with Gasteiger partial charge < -0.3 is 4.90 Å². The monoisotopic (exact) mass is 194 g/mol. The molecule has 0 saturated heterocycles. The Labute approximate surface area is 81.2 Å². The highest BCUT2D eigenvalue weighted by Crippen LogP contribution is 2.15. The number of carbonyl (C=O) groups excluding carboxylic acids is 1. The maximum atomic E-state index is 11.5. The Kier molecular flexibility index (Phi) is 3.04. The van der Waals surface area contributed by atoms with E-state index in [-0.39, 0.29) is 12.5 Å². The zero-order chi connectivity index (χ0) is 9.84. The quantitative estimate of drug-likeness (QED) is 0.672. The smallest absolute Gasteiger partial charge is 0.264 e. The number of thiophene rings is 1. The Bertz CT molecular complexity index is 351. The number of rotatable bonds is 2. The number of amides is 1. The van der Waals surface area contributed by atoms with Crippen LogP contribution in [0, 0.1) is 18.3 Å². The average molecular weight is 194 g/mol. The summed E-state index contributed by atoms with van der Waals surface area (Å²) in [4.78, 5) is 13.6. The molecule has 0 saturated carbocycles.